The Kier molecular flexibility index (Phi) is 41.6. The summed E-state index contributed by atoms with van der Waals surface area (Å²) in [6.45, 7) is 42.3. The summed E-state index contributed by atoms with van der Waals surface area (Å²) in [7, 11) is 3.70. The Bertz CT molecular complexity index is 6060. The average molecular weight is 1890 g/mol. The van der Waals surface area contributed by atoms with Gasteiger partial charge in [0.2, 0.25) is 5.91 Å². The number of Topliss-reactive ketones (excluding diaryl/α,β-unsaturated/α-hetero) is 1. The molecule has 0 radical (unpaired) electrons. The van der Waals surface area contributed by atoms with Gasteiger partial charge in [0.1, 0.15) is 35.9 Å². The third-order valence-electron chi connectivity index (χ3n) is 15.5. The molecule has 0 unspecified atom stereocenters. The van der Waals surface area contributed by atoms with Crippen LogP contribution in [0.2, 0.25) is 8.67 Å². The van der Waals surface area contributed by atoms with E-state index in [4.69, 9.17) is 138 Å². The molecule has 0 aliphatic heterocycles. The van der Waals surface area contributed by atoms with Crippen LogP contribution in [0, 0.1) is 44.8 Å². The number of thiophene rings is 2. The van der Waals surface area contributed by atoms with Gasteiger partial charge in [-0.05, 0) is 29.8 Å². The zero-order valence-corrected chi connectivity index (χ0v) is 75.4. The van der Waals surface area contributed by atoms with E-state index in [0.29, 0.717) is 94.5 Å². The molecular weight excluding hydrogens is 1820 g/mol. The molecule has 0 aliphatic rings. The molecule has 0 bridgehead atoms. The second-order valence-electron chi connectivity index (χ2n) is 24.3. The molecule has 0 fully saturated rings. The van der Waals surface area contributed by atoms with Crippen LogP contribution in [0.5, 0.6) is 0 Å². The van der Waals surface area contributed by atoms with Crippen molar-refractivity contribution in [1.82, 2.24) is 40.5 Å². The molecule has 7 aromatic heterocycles. The number of alkyl halides is 3. The summed E-state index contributed by atoms with van der Waals surface area (Å²) < 4.78 is 1.19. The normalized spacial score (nSPS) is 9.73. The fourth-order valence-electron chi connectivity index (χ4n) is 9.26. The van der Waals surface area contributed by atoms with E-state index in [9.17, 15) is 19.2 Å². The minimum absolute atomic E-state index is 0.0312. The number of amidine groups is 1. The van der Waals surface area contributed by atoms with Gasteiger partial charge in [-0.1, -0.05) is 210 Å². The van der Waals surface area contributed by atoms with E-state index in [2.05, 4.69) is 74.6 Å². The maximum Gasteiger partial charge on any atom is 0.261 e. The first-order valence-corrected chi connectivity index (χ1v) is 44.2. The number of thiazole rings is 5. The summed E-state index contributed by atoms with van der Waals surface area (Å²) >= 11 is 42.3. The number of nitrogens with two attached hydrogens (primary N) is 3. The molecule has 0 saturated heterocycles. The highest BCUT2D eigenvalue weighted by molar-refractivity contribution is 7.80. The zero-order valence-electron chi connectivity index (χ0n) is 65.0. The van der Waals surface area contributed by atoms with E-state index in [1.54, 1.807) is 137 Å². The van der Waals surface area contributed by atoms with E-state index >= 15 is 0 Å². The van der Waals surface area contributed by atoms with Crippen LogP contribution in [-0.4, -0.2) is 90.0 Å². The second kappa shape index (κ2) is 52.5. The number of aromatic nitrogens is 5. The molecule has 622 valence electrons. The number of carbonyl (C=O) groups is 4. The first kappa shape index (κ1) is 98.3. The van der Waals surface area contributed by atoms with Crippen LogP contribution in [0.15, 0.2) is 226 Å². The largest absolute Gasteiger partial charge is 0.389 e. The minimum atomic E-state index is -0.471. The summed E-state index contributed by atoms with van der Waals surface area (Å²) in [6, 6.07) is 57.0. The molecule has 0 aliphatic carbocycles. The van der Waals surface area contributed by atoms with Gasteiger partial charge in [-0.3, -0.25) is 24.6 Å². The number of hydrogen-bond acceptors (Lipinski definition) is 20. The van der Waals surface area contributed by atoms with Gasteiger partial charge in [0.05, 0.1) is 124 Å². The highest BCUT2D eigenvalue weighted by atomic mass is 35.5. The zero-order chi connectivity index (χ0) is 89.9. The van der Waals surface area contributed by atoms with Crippen molar-refractivity contribution in [3.05, 3.63) is 364 Å². The van der Waals surface area contributed by atoms with Crippen LogP contribution >= 0.6 is 150 Å². The number of ketones is 1. The maximum absolute atomic E-state index is 12.1. The Labute approximate surface area is 772 Å². The summed E-state index contributed by atoms with van der Waals surface area (Å²) in [4.78, 5) is 92.4. The van der Waals surface area contributed by atoms with Crippen molar-refractivity contribution in [3.63, 3.8) is 0 Å². The van der Waals surface area contributed by atoms with Crippen molar-refractivity contribution in [2.24, 2.45) is 22.3 Å². The molecule has 0 atom stereocenters. The number of azide groups is 1. The van der Waals surface area contributed by atoms with Gasteiger partial charge in [0.25, 0.3) is 11.8 Å². The van der Waals surface area contributed by atoms with Gasteiger partial charge in [0, 0.05) is 97.0 Å². The van der Waals surface area contributed by atoms with E-state index < -0.39 is 5.91 Å². The number of halogens is 5. The lowest BCUT2D eigenvalue weighted by molar-refractivity contribution is -0.114. The van der Waals surface area contributed by atoms with Crippen LogP contribution in [0.1, 0.15) is 69.3 Å². The fraction of sp³-hybridized carbons (Fsp3) is 0.105. The SMILES string of the molecule is CN(C)C(=N)c1ccc(-c2nc(CNC(=O)c3ccc(Cl)s3)cs2)cc1.O=C(CCl)CCl.[C-]#[N+]c1ccc(-c2nc(CCl)cs2)cc1.[C-]#[N+]c1ccc(-c2nc(CN)cs2)cc1.[C-]#[N+]c1ccc(-c2nc(CN=[N+]=[N-])cs2)cc1.[C-]#[N+]c1ccc(-c2nc(CNC(=O)c3ccc(Cl)s3)cs2)cc1.[C-]#[N+]c1ccc(C(N)=O)cc1.[C-]#[N+]c1ccc(C(N)=S)cc1. The highest BCUT2D eigenvalue weighted by Gasteiger charge is 2.15. The highest BCUT2D eigenvalue weighted by Crippen LogP contribution is 2.32. The van der Waals surface area contributed by atoms with Crippen molar-refractivity contribution in [2.45, 2.75) is 32.1 Å². The van der Waals surface area contributed by atoms with Gasteiger partial charge in [-0.2, -0.15) is 0 Å². The lowest BCUT2D eigenvalue weighted by atomic mass is 10.1. The lowest BCUT2D eigenvalue weighted by Crippen LogP contribution is -2.21. The molecule has 0 spiro atoms. The minimum Gasteiger partial charge on any atom is -0.389 e. The molecule has 38 heteroatoms. The number of primary amides is 1. The number of hydrogen-bond donors (Lipinski definition) is 6. The van der Waals surface area contributed by atoms with Crippen molar-refractivity contribution < 1.29 is 19.2 Å². The summed E-state index contributed by atoms with van der Waals surface area (Å²) in [5.41, 5.74) is 38.9. The summed E-state index contributed by atoms with van der Waals surface area (Å²) in [5, 5.41) is 31.3. The number of nitrogens with zero attached hydrogens (tertiary/aromatic N) is 15. The number of rotatable bonds is 20. The average Bonchev–Trinajstić information content (AvgIpc) is 1.67. The quantitative estimate of drug-likeness (QED) is 0.00605. The van der Waals surface area contributed by atoms with E-state index in [1.807, 2.05) is 114 Å². The number of nitrogens with one attached hydrogen (secondary N) is 3. The molecule has 14 aromatic rings. The van der Waals surface area contributed by atoms with Crippen molar-refractivity contribution in [3.8, 4) is 52.9 Å². The molecule has 7 aromatic carbocycles. The molecule has 124 heavy (non-hydrogen) atoms. The van der Waals surface area contributed by atoms with Gasteiger partial charge >= 0.3 is 0 Å². The monoisotopic (exact) mass is 1890 g/mol. The van der Waals surface area contributed by atoms with Gasteiger partial charge < -0.3 is 32.7 Å². The van der Waals surface area contributed by atoms with E-state index in [1.165, 1.54) is 68.8 Å². The number of amides is 3. The molecule has 7 heterocycles. The smallest absolute Gasteiger partial charge is 0.261 e. The first-order valence-electron chi connectivity index (χ1n) is 35.4. The molecule has 0 saturated carbocycles. The second-order valence-corrected chi connectivity index (χ2v) is 33.3. The Hall–Kier alpha value is -12.8. The van der Waals surface area contributed by atoms with Crippen LogP contribution in [-0.2, 0) is 36.9 Å². The van der Waals surface area contributed by atoms with Crippen molar-refractivity contribution in [1.29, 1.82) is 5.41 Å². The third kappa shape index (κ3) is 32.5. The maximum atomic E-state index is 12.1. The van der Waals surface area contributed by atoms with E-state index in [-0.39, 0.29) is 35.9 Å². The van der Waals surface area contributed by atoms with Crippen LogP contribution in [0.4, 0.5) is 34.1 Å². The summed E-state index contributed by atoms with van der Waals surface area (Å²) in [6.07, 6.45) is 0. The van der Waals surface area contributed by atoms with Gasteiger partial charge in [-0.15, -0.1) is 114 Å². The first-order chi connectivity index (χ1) is 59.9. The topological polar surface area (TPSA) is 337 Å². The van der Waals surface area contributed by atoms with Gasteiger partial charge in [0.15, 0.2) is 39.9 Å². The van der Waals surface area contributed by atoms with Crippen molar-refractivity contribution in [2.75, 3.05) is 25.9 Å². The predicted molar refractivity (Wildman–Crippen MR) is 511 cm³/mol. The van der Waals surface area contributed by atoms with Gasteiger partial charge in [-0.25, -0.2) is 54.0 Å². The Balaban J connectivity index is 0.000000200. The lowest BCUT2D eigenvalue weighted by Gasteiger charge is -2.13. The molecule has 25 nitrogen and oxygen atoms in total. The Morgan fingerprint density at radius 3 is 1.00 bits per heavy atom. The number of benzene rings is 7. The standard InChI is InChI=1S/C18H17ClN4OS2.C16H10ClN3OS2.C11H7ClN2S.C11H7N5S.C11H9N3S.C8H6N2O.C8H6N2S.C3H4Cl2O/c1-23(2)16(20)11-3-5-12(6-4-11)18-22-13(10-25-18)9-21-17(24)14-7-8-15(19)26-14;1-18-11-4-2-10(3-5-11)16-20-12(9-22-16)8-19-15(21)13-6-7-14(17)23-13;1-13-9-4-2-8(3-5-9)11-14-10(6-12)7-15-11;1-13-9-4-2-8(3-5-9)11-15-10(7-17-11)6-14-16-12;1-13-9-4-2-8(3-5-9)11-14-10(6-12)7-15-11;2*1-10-7-4-2-6(3-5-7)8(9)11;4-1-3(6)2-5/h3-8,10,20H,9H2,1-2H3,(H,21,24);2-7,9H,8H2,(H,19,21);2-5,7H,6H2;2-5,7H,6H2;2-5,7H,6,12H2;2*2-5H,(H2,9,11);1-2H2. The van der Waals surface area contributed by atoms with Crippen LogP contribution in [0.3, 0.4) is 0 Å². The summed E-state index contributed by atoms with van der Waals surface area (Å²) in [5.74, 6) is 0.0670. The van der Waals surface area contributed by atoms with Crippen LogP contribution < -0.4 is 27.8 Å². The third-order valence-corrected chi connectivity index (χ3v) is 23.8. The molecule has 14 rings (SSSR count). The van der Waals surface area contributed by atoms with Crippen molar-refractivity contribution >= 4 is 218 Å². The molecule has 9 N–H and O–H groups in total. The Morgan fingerprint density at radius 2 is 0.734 bits per heavy atom. The molecule has 3 amide bonds. The van der Waals surface area contributed by atoms with Crippen LogP contribution in [0.25, 0.3) is 92.4 Å². The predicted octanol–water partition coefficient (Wildman–Crippen LogP) is 24.7. The molecular formula is C86H66Cl5N21O4S8. The fourth-order valence-corrected chi connectivity index (χ4v) is 16.0. The number of thiocarbonyl (C=S) groups is 1. The number of carbonyl (C=O) groups excluding carboxylic acids is 4. The van der Waals surface area contributed by atoms with E-state index in [0.717, 1.165) is 92.5 Å². The Morgan fingerprint density at radius 1 is 0.444 bits per heavy atom.